The summed E-state index contributed by atoms with van der Waals surface area (Å²) in [7, 11) is 0. The fourth-order valence-electron chi connectivity index (χ4n) is 2.67. The Morgan fingerprint density at radius 3 is 2.37 bits per heavy atom. The normalized spacial score (nSPS) is 11.2. The molecule has 0 bridgehead atoms. The van der Waals surface area contributed by atoms with E-state index in [2.05, 4.69) is 15.3 Å². The molecule has 2 aromatic heterocycles. The Balaban J connectivity index is 0.000000318. The van der Waals surface area contributed by atoms with E-state index in [0.29, 0.717) is 12.3 Å². The van der Waals surface area contributed by atoms with Crippen molar-refractivity contribution in [2.24, 2.45) is 0 Å². The second kappa shape index (κ2) is 8.76. The molecule has 2 heterocycles. The van der Waals surface area contributed by atoms with Gasteiger partial charge >= 0.3 is 12.1 Å². The number of anilines is 1. The monoisotopic (exact) mass is 420 g/mol. The first-order valence-electron chi connectivity index (χ1n) is 8.73. The third-order valence-electron chi connectivity index (χ3n) is 4.05. The minimum absolute atomic E-state index is 0.327. The fourth-order valence-corrected chi connectivity index (χ4v) is 2.67. The summed E-state index contributed by atoms with van der Waals surface area (Å²) >= 11 is 0. The maximum Gasteiger partial charge on any atom is 0.490 e. The van der Waals surface area contributed by atoms with Crippen molar-refractivity contribution in [1.82, 2.24) is 14.4 Å². The maximum atomic E-state index is 12.2. The lowest BCUT2D eigenvalue weighted by molar-refractivity contribution is -0.192. The van der Waals surface area contributed by atoms with Crippen molar-refractivity contribution in [2.45, 2.75) is 6.18 Å². The number of aliphatic carboxylic acids is 1. The van der Waals surface area contributed by atoms with Crippen LogP contribution in [0.2, 0.25) is 0 Å². The highest BCUT2D eigenvalue weighted by molar-refractivity contribution is 5.80. The molecule has 0 radical (unpaired) electrons. The first kappa shape index (κ1) is 21.0. The van der Waals surface area contributed by atoms with Crippen LogP contribution in [0.5, 0.6) is 0 Å². The molecule has 0 saturated heterocycles. The van der Waals surface area contributed by atoms with Gasteiger partial charge in [-0.2, -0.15) is 13.2 Å². The van der Waals surface area contributed by atoms with Crippen molar-refractivity contribution in [3.63, 3.8) is 0 Å². The third kappa shape index (κ3) is 4.83. The number of carbonyl (C=O) groups is 1. The number of hydrogen-bond acceptors (Lipinski definition) is 4. The number of aromatic nitrogens is 3. The van der Waals surface area contributed by atoms with Crippen LogP contribution in [0.4, 0.5) is 23.2 Å². The molecule has 2 aromatic carbocycles. The van der Waals surface area contributed by atoms with Crippen LogP contribution >= 0.6 is 0 Å². The molecule has 4 rings (SSSR count). The number of nitrogens with one attached hydrogen (secondary N) is 1. The minimum Gasteiger partial charge on any atom is -0.475 e. The summed E-state index contributed by atoms with van der Waals surface area (Å²) < 4.78 is 45.9. The lowest BCUT2D eigenvalue weighted by Crippen LogP contribution is -2.21. The van der Waals surface area contributed by atoms with Crippen LogP contribution < -0.4 is 5.32 Å². The van der Waals surface area contributed by atoms with Gasteiger partial charge in [-0.1, -0.05) is 24.3 Å². The second-order valence-corrected chi connectivity index (χ2v) is 6.11. The number of halogens is 4. The number of fused-ring (bicyclic) bond motifs is 3. The van der Waals surface area contributed by atoms with Gasteiger partial charge in [0.15, 0.2) is 0 Å². The molecule has 0 amide bonds. The summed E-state index contributed by atoms with van der Waals surface area (Å²) in [6, 6.07) is 15.9. The Hall–Kier alpha value is -3.69. The summed E-state index contributed by atoms with van der Waals surface area (Å²) in [5.74, 6) is -2.07. The van der Waals surface area contributed by atoms with Crippen LogP contribution in [0, 0.1) is 0 Å². The highest BCUT2D eigenvalue weighted by atomic mass is 19.4. The highest BCUT2D eigenvalue weighted by Gasteiger charge is 2.38. The summed E-state index contributed by atoms with van der Waals surface area (Å²) in [6.07, 6.45) is -1.22. The molecule has 0 aliphatic carbocycles. The lowest BCUT2D eigenvalue weighted by Gasteiger charge is -2.06. The molecule has 30 heavy (non-hydrogen) atoms. The van der Waals surface area contributed by atoms with Crippen molar-refractivity contribution in [3.8, 4) is 11.1 Å². The van der Waals surface area contributed by atoms with Gasteiger partial charge in [-0.15, -0.1) is 0 Å². The zero-order valence-corrected chi connectivity index (χ0v) is 15.4. The zero-order valence-electron chi connectivity index (χ0n) is 15.4. The topological polar surface area (TPSA) is 79.5 Å². The molecule has 0 aliphatic rings. The molecule has 0 aliphatic heterocycles. The fraction of sp³-hybridized carbons (Fsp3) is 0.150. The quantitative estimate of drug-likeness (QED) is 0.473. The van der Waals surface area contributed by atoms with E-state index >= 15 is 0 Å². The molecule has 6 nitrogen and oxygen atoms in total. The molecule has 4 aromatic rings. The number of hydrogen-bond donors (Lipinski definition) is 2. The lowest BCUT2D eigenvalue weighted by atomic mass is 10.1. The Morgan fingerprint density at radius 2 is 1.73 bits per heavy atom. The van der Waals surface area contributed by atoms with Crippen LogP contribution in [0.3, 0.4) is 0 Å². The van der Waals surface area contributed by atoms with E-state index in [1.165, 1.54) is 0 Å². The number of carboxylic acid groups (broad SMARTS) is 1. The molecule has 0 saturated carbocycles. The van der Waals surface area contributed by atoms with Gasteiger partial charge < -0.3 is 10.4 Å². The molecule has 10 heteroatoms. The Kier molecular flexibility index (Phi) is 6.14. The zero-order chi connectivity index (χ0) is 21.7. The number of nitrogens with zero attached hydrogens (tertiary/aromatic N) is 3. The first-order chi connectivity index (χ1) is 14.3. The van der Waals surface area contributed by atoms with E-state index in [9.17, 15) is 17.6 Å². The molecular weight excluding hydrogens is 404 g/mol. The van der Waals surface area contributed by atoms with Crippen molar-refractivity contribution in [3.05, 3.63) is 60.9 Å². The molecule has 0 fully saturated rings. The number of imidazole rings is 1. The molecular formula is C20H16F4N4O2. The van der Waals surface area contributed by atoms with Gasteiger partial charge in [0.25, 0.3) is 0 Å². The van der Waals surface area contributed by atoms with Gasteiger partial charge in [0, 0.05) is 30.2 Å². The van der Waals surface area contributed by atoms with Gasteiger partial charge in [-0.3, -0.25) is 4.40 Å². The van der Waals surface area contributed by atoms with Crippen molar-refractivity contribution in [1.29, 1.82) is 0 Å². The average Bonchev–Trinajstić information content (AvgIpc) is 3.10. The van der Waals surface area contributed by atoms with E-state index in [0.717, 1.165) is 27.8 Å². The standard InChI is InChI=1S/C18H15FN4.C2HF3O2/c19-9-10-20-15-7-5-13(6-8-15)14-11-21-18-22-16-3-1-2-4-17(16)23(18)12-14;3-2(4,5)1(6)7/h1-8,11-12,20H,9-10H2;(H,6,7). The average molecular weight is 420 g/mol. The molecule has 0 atom stereocenters. The van der Waals surface area contributed by atoms with Gasteiger partial charge in [-0.25, -0.2) is 19.2 Å². The summed E-state index contributed by atoms with van der Waals surface area (Å²) in [5.41, 5.74) is 4.95. The number of para-hydroxylation sites is 2. The third-order valence-corrected chi connectivity index (χ3v) is 4.05. The van der Waals surface area contributed by atoms with E-state index in [1.807, 2.05) is 65.3 Å². The number of alkyl halides is 4. The SMILES string of the molecule is FCCNc1ccc(-c2cnc3nc4ccccc4n3c2)cc1.O=C(O)C(F)(F)F. The van der Waals surface area contributed by atoms with Gasteiger partial charge in [0.1, 0.15) is 6.67 Å². The second-order valence-electron chi connectivity index (χ2n) is 6.11. The summed E-state index contributed by atoms with van der Waals surface area (Å²) in [6.45, 7) is -0.0517. The van der Waals surface area contributed by atoms with E-state index in [4.69, 9.17) is 9.90 Å². The number of carboxylic acids is 1. The molecule has 0 spiro atoms. The van der Waals surface area contributed by atoms with Crippen LogP contribution in [-0.4, -0.2) is 44.8 Å². The first-order valence-corrected chi connectivity index (χ1v) is 8.73. The van der Waals surface area contributed by atoms with Crippen molar-refractivity contribution < 1.29 is 27.5 Å². The van der Waals surface area contributed by atoms with E-state index < -0.39 is 12.1 Å². The van der Waals surface area contributed by atoms with Crippen LogP contribution in [0.1, 0.15) is 0 Å². The number of rotatable bonds is 4. The largest absolute Gasteiger partial charge is 0.490 e. The summed E-state index contributed by atoms with van der Waals surface area (Å²) in [4.78, 5) is 17.9. The highest BCUT2D eigenvalue weighted by Crippen LogP contribution is 2.23. The molecule has 0 unspecified atom stereocenters. The van der Waals surface area contributed by atoms with Crippen LogP contribution in [0.25, 0.3) is 27.9 Å². The maximum absolute atomic E-state index is 12.2. The minimum atomic E-state index is -5.08. The Labute approximate surface area is 167 Å². The predicted octanol–water partition coefficient (Wildman–Crippen LogP) is 4.56. The summed E-state index contributed by atoms with van der Waals surface area (Å²) in [5, 5.41) is 10.1. The number of benzene rings is 2. The van der Waals surface area contributed by atoms with Gasteiger partial charge in [0.2, 0.25) is 5.78 Å². The van der Waals surface area contributed by atoms with E-state index in [-0.39, 0.29) is 6.67 Å². The Morgan fingerprint density at radius 1 is 1.07 bits per heavy atom. The molecule has 2 N–H and O–H groups in total. The predicted molar refractivity (Wildman–Crippen MR) is 104 cm³/mol. The van der Waals surface area contributed by atoms with Crippen molar-refractivity contribution >= 4 is 28.5 Å². The Bertz CT molecular complexity index is 1160. The van der Waals surface area contributed by atoms with Crippen LogP contribution in [0.15, 0.2) is 60.9 Å². The molecule has 156 valence electrons. The van der Waals surface area contributed by atoms with Crippen LogP contribution in [-0.2, 0) is 4.79 Å². The van der Waals surface area contributed by atoms with Gasteiger partial charge in [-0.05, 0) is 29.8 Å². The van der Waals surface area contributed by atoms with E-state index in [1.54, 1.807) is 0 Å². The van der Waals surface area contributed by atoms with Gasteiger partial charge in [0.05, 0.1) is 11.0 Å². The van der Waals surface area contributed by atoms with Crippen molar-refractivity contribution in [2.75, 3.05) is 18.5 Å². The smallest absolute Gasteiger partial charge is 0.475 e.